The van der Waals surface area contributed by atoms with Crippen molar-refractivity contribution >= 4 is 22.7 Å². The van der Waals surface area contributed by atoms with Gasteiger partial charge in [0.25, 0.3) is 0 Å². The number of carbonyl (C=O) groups is 2. The summed E-state index contributed by atoms with van der Waals surface area (Å²) in [7, 11) is 0. The monoisotopic (exact) mass is 469 g/mol. The fourth-order valence-corrected chi connectivity index (χ4v) is 8.05. The van der Waals surface area contributed by atoms with Crippen molar-refractivity contribution in [1.29, 1.82) is 0 Å². The van der Waals surface area contributed by atoms with E-state index in [-0.39, 0.29) is 17.2 Å². The molecule has 182 valence electrons. The number of para-hydroxylation sites is 1. The van der Waals surface area contributed by atoms with Crippen LogP contribution in [0.3, 0.4) is 0 Å². The first-order valence-electron chi connectivity index (χ1n) is 13.1. The summed E-state index contributed by atoms with van der Waals surface area (Å²) in [5, 5.41) is 0.890. The molecule has 5 atom stereocenters. The summed E-state index contributed by atoms with van der Waals surface area (Å²) in [6, 6.07) is 14.7. The third-order valence-electron chi connectivity index (χ3n) is 9.41. The number of ketones is 1. The van der Waals surface area contributed by atoms with Crippen LogP contribution in [0.15, 0.2) is 42.5 Å². The number of hydrogen-bond acceptors (Lipinski definition) is 3. The predicted octanol–water partition coefficient (Wildman–Crippen LogP) is 6.75. The number of ether oxygens (including phenoxy) is 1. The van der Waals surface area contributed by atoms with E-state index in [2.05, 4.69) is 37.0 Å². The second kappa shape index (κ2) is 7.81. The van der Waals surface area contributed by atoms with Crippen LogP contribution in [0.25, 0.3) is 10.9 Å². The van der Waals surface area contributed by atoms with E-state index >= 15 is 0 Å². The van der Waals surface area contributed by atoms with Crippen molar-refractivity contribution in [2.24, 2.45) is 17.3 Å². The molecule has 1 heterocycles. The van der Waals surface area contributed by atoms with Crippen molar-refractivity contribution in [2.45, 2.75) is 77.7 Å². The van der Waals surface area contributed by atoms with Crippen LogP contribution in [0.5, 0.6) is 0 Å². The maximum atomic E-state index is 13.8. The van der Waals surface area contributed by atoms with Gasteiger partial charge < -0.3 is 9.72 Å². The van der Waals surface area contributed by atoms with Crippen LogP contribution in [0, 0.1) is 38.0 Å². The SMILES string of the molecule is Cc1ccc(C23C[C@@H]4C[C@@H](CC(C(=O)O[C@@H](C)C(=O)c5c(C)[nH]c6ccccc56)(C4)C2)C3)cc1C. The second-order valence-electron chi connectivity index (χ2n) is 11.9. The molecule has 0 aliphatic heterocycles. The molecule has 1 aromatic heterocycles. The van der Waals surface area contributed by atoms with Crippen LogP contribution in [-0.2, 0) is 14.9 Å². The first-order valence-corrected chi connectivity index (χ1v) is 13.1. The number of rotatable bonds is 5. The van der Waals surface area contributed by atoms with E-state index in [1.165, 1.54) is 36.0 Å². The summed E-state index contributed by atoms with van der Waals surface area (Å²) in [5.74, 6) is 0.847. The Kier molecular flexibility index (Phi) is 5.04. The van der Waals surface area contributed by atoms with E-state index in [1.807, 2.05) is 31.2 Å². The number of aromatic nitrogens is 1. The Morgan fingerprint density at radius 2 is 1.69 bits per heavy atom. The van der Waals surface area contributed by atoms with Crippen LogP contribution >= 0.6 is 0 Å². The molecule has 0 saturated heterocycles. The van der Waals surface area contributed by atoms with Gasteiger partial charge in [0.05, 0.1) is 5.41 Å². The molecule has 35 heavy (non-hydrogen) atoms. The van der Waals surface area contributed by atoms with Crippen LogP contribution < -0.4 is 0 Å². The number of nitrogens with one attached hydrogen (secondary N) is 1. The second-order valence-corrected chi connectivity index (χ2v) is 11.9. The topological polar surface area (TPSA) is 59.2 Å². The molecule has 0 spiro atoms. The average Bonchev–Trinajstić information content (AvgIpc) is 3.15. The first-order chi connectivity index (χ1) is 16.7. The number of H-pyrrole nitrogens is 1. The van der Waals surface area contributed by atoms with Gasteiger partial charge in [-0.1, -0.05) is 36.4 Å². The van der Waals surface area contributed by atoms with E-state index in [1.54, 1.807) is 6.92 Å². The van der Waals surface area contributed by atoms with Gasteiger partial charge in [0.15, 0.2) is 6.10 Å². The van der Waals surface area contributed by atoms with Gasteiger partial charge in [-0.05, 0) is 106 Å². The Labute approximate surface area is 207 Å². The molecule has 2 unspecified atom stereocenters. The molecular weight excluding hydrogens is 434 g/mol. The van der Waals surface area contributed by atoms with Crippen molar-refractivity contribution in [3.8, 4) is 0 Å². The Morgan fingerprint density at radius 1 is 0.971 bits per heavy atom. The van der Waals surface area contributed by atoms with Crippen LogP contribution in [0.1, 0.15) is 78.2 Å². The molecule has 0 amide bonds. The highest BCUT2D eigenvalue weighted by Gasteiger charge is 2.62. The zero-order valence-corrected chi connectivity index (χ0v) is 21.2. The van der Waals surface area contributed by atoms with Crippen molar-refractivity contribution in [2.75, 3.05) is 0 Å². The highest BCUT2D eigenvalue weighted by molar-refractivity contribution is 6.11. The minimum atomic E-state index is -0.800. The number of hydrogen-bond donors (Lipinski definition) is 1. The maximum absolute atomic E-state index is 13.8. The lowest BCUT2D eigenvalue weighted by atomic mass is 9.43. The Morgan fingerprint density at radius 3 is 2.40 bits per heavy atom. The maximum Gasteiger partial charge on any atom is 0.312 e. The third kappa shape index (κ3) is 3.48. The standard InChI is InChI=1S/C31H35NO3/c1-18-9-10-24(11-19(18)2)30-13-22-12-23(14-30)16-31(15-22,17-30)29(34)35-21(4)28(33)27-20(3)32-26-8-6-5-7-25(26)27/h5-11,21-23,32H,12-17H2,1-4H3/t21-,22-,23+,30?,31?/m0/s1. The molecule has 3 aromatic rings. The first kappa shape index (κ1) is 22.6. The van der Waals surface area contributed by atoms with Gasteiger partial charge in [0.1, 0.15) is 0 Å². The highest BCUT2D eigenvalue weighted by Crippen LogP contribution is 2.66. The molecule has 4 fully saturated rings. The number of esters is 1. The molecule has 4 aliphatic rings. The number of benzene rings is 2. The fourth-order valence-electron chi connectivity index (χ4n) is 8.05. The van der Waals surface area contributed by atoms with E-state index in [0.29, 0.717) is 17.4 Å². The van der Waals surface area contributed by atoms with Crippen molar-refractivity contribution in [3.63, 3.8) is 0 Å². The molecule has 4 aliphatic carbocycles. The van der Waals surface area contributed by atoms with E-state index in [9.17, 15) is 9.59 Å². The zero-order valence-electron chi connectivity index (χ0n) is 21.2. The lowest BCUT2D eigenvalue weighted by Crippen LogP contribution is -2.57. The summed E-state index contributed by atoms with van der Waals surface area (Å²) >= 11 is 0. The lowest BCUT2D eigenvalue weighted by Gasteiger charge is -2.61. The van der Waals surface area contributed by atoms with Crippen LogP contribution in [0.2, 0.25) is 0 Å². The minimum Gasteiger partial charge on any atom is -0.454 e. The molecule has 1 N–H and O–H groups in total. The Balaban J connectivity index is 1.28. The van der Waals surface area contributed by atoms with Gasteiger partial charge in [-0.25, -0.2) is 0 Å². The predicted molar refractivity (Wildman–Crippen MR) is 138 cm³/mol. The highest BCUT2D eigenvalue weighted by atomic mass is 16.5. The Bertz CT molecular complexity index is 1330. The Hall–Kier alpha value is -2.88. The summed E-state index contributed by atoms with van der Waals surface area (Å²) < 4.78 is 6.05. The van der Waals surface area contributed by atoms with Crippen molar-refractivity contribution < 1.29 is 14.3 Å². The molecule has 7 rings (SSSR count). The summed E-state index contributed by atoms with van der Waals surface area (Å²) in [6.07, 6.45) is 5.43. The van der Waals surface area contributed by atoms with Crippen molar-refractivity contribution in [3.05, 3.63) is 70.4 Å². The smallest absolute Gasteiger partial charge is 0.312 e. The molecule has 4 saturated carbocycles. The molecule has 4 bridgehead atoms. The number of aromatic amines is 1. The number of aryl methyl sites for hydroxylation is 3. The van der Waals surface area contributed by atoms with Gasteiger partial charge >= 0.3 is 5.97 Å². The van der Waals surface area contributed by atoms with Crippen molar-refractivity contribution in [1.82, 2.24) is 4.98 Å². The molecule has 4 nitrogen and oxygen atoms in total. The van der Waals surface area contributed by atoms with E-state index in [0.717, 1.165) is 35.9 Å². The van der Waals surface area contributed by atoms with Gasteiger partial charge in [0.2, 0.25) is 5.78 Å². The summed E-state index contributed by atoms with van der Waals surface area (Å²) in [4.78, 5) is 30.6. The summed E-state index contributed by atoms with van der Waals surface area (Å²) in [6.45, 7) is 7.99. The average molecular weight is 470 g/mol. The van der Waals surface area contributed by atoms with E-state index < -0.39 is 11.5 Å². The van der Waals surface area contributed by atoms with Gasteiger partial charge in [-0.15, -0.1) is 0 Å². The number of carbonyl (C=O) groups excluding carboxylic acids is 2. The third-order valence-corrected chi connectivity index (χ3v) is 9.41. The molecule has 0 radical (unpaired) electrons. The molecular formula is C31H35NO3. The number of Topliss-reactive ketones (excluding diaryl/α,β-unsaturated/α-hetero) is 1. The normalized spacial score (nSPS) is 29.9. The van der Waals surface area contributed by atoms with Gasteiger partial charge in [0, 0.05) is 22.2 Å². The van der Waals surface area contributed by atoms with Crippen LogP contribution in [-0.4, -0.2) is 22.8 Å². The van der Waals surface area contributed by atoms with Gasteiger partial charge in [-0.2, -0.15) is 0 Å². The zero-order chi connectivity index (χ0) is 24.5. The van der Waals surface area contributed by atoms with Crippen LogP contribution in [0.4, 0.5) is 0 Å². The molecule has 4 heteroatoms. The quantitative estimate of drug-likeness (QED) is 0.332. The van der Waals surface area contributed by atoms with Gasteiger partial charge in [-0.3, -0.25) is 9.59 Å². The minimum absolute atomic E-state index is 0.0578. The number of fused-ring (bicyclic) bond motifs is 1. The molecule has 2 aromatic carbocycles. The summed E-state index contributed by atoms with van der Waals surface area (Å²) in [5.41, 5.74) is 6.01. The van der Waals surface area contributed by atoms with E-state index in [4.69, 9.17) is 4.74 Å². The lowest BCUT2D eigenvalue weighted by molar-refractivity contribution is -0.176. The largest absolute Gasteiger partial charge is 0.454 e. The fraction of sp³-hybridized carbons (Fsp3) is 0.484.